The molecular formula is C8H6N5S. The third kappa shape index (κ3) is 1.78. The molecule has 2 aromatic heterocycles. The molecule has 0 aliphatic heterocycles. The van der Waals surface area contributed by atoms with Gasteiger partial charge in [0.25, 0.3) is 0 Å². The molecule has 2 aromatic rings. The van der Waals surface area contributed by atoms with Crippen molar-refractivity contribution in [3.63, 3.8) is 0 Å². The van der Waals surface area contributed by atoms with E-state index < -0.39 is 0 Å². The van der Waals surface area contributed by atoms with Crippen molar-refractivity contribution in [1.29, 1.82) is 5.26 Å². The summed E-state index contributed by atoms with van der Waals surface area (Å²) in [6.45, 7) is 0.485. The summed E-state index contributed by atoms with van der Waals surface area (Å²) in [5.41, 5.74) is 0. The van der Waals surface area contributed by atoms with Crippen molar-refractivity contribution in [3.05, 3.63) is 17.5 Å². The maximum Gasteiger partial charge on any atom is 0.214 e. The molecule has 14 heavy (non-hydrogen) atoms. The molecule has 0 aromatic carbocycles. The van der Waals surface area contributed by atoms with Gasteiger partial charge in [0, 0.05) is 5.38 Å². The molecule has 0 bridgehead atoms. The highest BCUT2D eigenvalue weighted by molar-refractivity contribution is 7.13. The van der Waals surface area contributed by atoms with Gasteiger partial charge in [-0.25, -0.2) is 0 Å². The average molecular weight is 204 g/mol. The van der Waals surface area contributed by atoms with Crippen molar-refractivity contribution < 1.29 is 0 Å². The lowest BCUT2D eigenvalue weighted by atomic mass is 10.4. The number of rotatable bonds is 3. The molecule has 0 saturated heterocycles. The van der Waals surface area contributed by atoms with Crippen LogP contribution in [0, 0.1) is 16.7 Å². The van der Waals surface area contributed by atoms with Crippen LogP contribution in [0.1, 0.15) is 6.42 Å². The summed E-state index contributed by atoms with van der Waals surface area (Å²) in [5, 5.41) is 23.2. The number of aromatic nitrogens is 4. The zero-order valence-corrected chi connectivity index (χ0v) is 8.03. The van der Waals surface area contributed by atoms with Gasteiger partial charge >= 0.3 is 0 Å². The largest absolute Gasteiger partial charge is 0.214 e. The molecule has 0 saturated carbocycles. The van der Waals surface area contributed by atoms with Crippen molar-refractivity contribution in [1.82, 2.24) is 20.2 Å². The Balaban J connectivity index is 2.15. The number of hydrogen-bond acceptors (Lipinski definition) is 5. The van der Waals surface area contributed by atoms with Gasteiger partial charge in [-0.1, -0.05) is 0 Å². The number of tetrazole rings is 1. The summed E-state index contributed by atoms with van der Waals surface area (Å²) in [7, 11) is 0. The van der Waals surface area contributed by atoms with Gasteiger partial charge in [0.2, 0.25) is 5.82 Å². The highest BCUT2D eigenvalue weighted by atomic mass is 32.1. The van der Waals surface area contributed by atoms with Crippen molar-refractivity contribution >= 4 is 11.3 Å². The van der Waals surface area contributed by atoms with Crippen LogP contribution in [-0.2, 0) is 6.54 Å². The topological polar surface area (TPSA) is 67.4 Å². The Kier molecular flexibility index (Phi) is 2.51. The molecule has 5 nitrogen and oxygen atoms in total. The number of hydrogen-bond donors (Lipinski definition) is 0. The standard InChI is InChI=1S/C8H6N5S/c9-4-2-5-13-11-8(10-12-13)7-3-1-6-14-7/h1,3H,2,5H2. The molecule has 0 amide bonds. The molecule has 0 fully saturated rings. The van der Waals surface area contributed by atoms with Crippen LogP contribution in [0.2, 0.25) is 0 Å². The summed E-state index contributed by atoms with van der Waals surface area (Å²) in [5.74, 6) is 0.592. The van der Waals surface area contributed by atoms with Crippen LogP contribution in [0.3, 0.4) is 0 Å². The Hall–Kier alpha value is -1.74. The van der Waals surface area contributed by atoms with E-state index in [1.165, 1.54) is 16.1 Å². The Morgan fingerprint density at radius 1 is 1.64 bits per heavy atom. The predicted molar refractivity (Wildman–Crippen MR) is 50.2 cm³/mol. The highest BCUT2D eigenvalue weighted by Crippen LogP contribution is 2.18. The molecule has 0 aliphatic rings. The van der Waals surface area contributed by atoms with E-state index in [-0.39, 0.29) is 0 Å². The van der Waals surface area contributed by atoms with Crippen molar-refractivity contribution in [2.24, 2.45) is 0 Å². The SMILES string of the molecule is N#CCCn1nnc(-c2cc[c]s2)n1. The lowest BCUT2D eigenvalue weighted by Gasteiger charge is -1.89. The van der Waals surface area contributed by atoms with E-state index in [1.54, 1.807) is 0 Å². The van der Waals surface area contributed by atoms with E-state index in [0.717, 1.165) is 4.88 Å². The molecule has 1 radical (unpaired) electrons. The summed E-state index contributed by atoms with van der Waals surface area (Å²) in [4.78, 5) is 2.37. The number of nitriles is 1. The Morgan fingerprint density at radius 2 is 2.57 bits per heavy atom. The van der Waals surface area contributed by atoms with E-state index in [0.29, 0.717) is 18.8 Å². The molecule has 69 valence electrons. The number of aryl methyl sites for hydroxylation is 1. The second-order valence-electron chi connectivity index (χ2n) is 2.53. The Labute approximate surface area is 84.6 Å². The first-order valence-electron chi connectivity index (χ1n) is 4.01. The smallest absolute Gasteiger partial charge is 0.198 e. The summed E-state index contributed by atoms with van der Waals surface area (Å²) < 4.78 is 0. The third-order valence-corrected chi connectivity index (χ3v) is 2.36. The van der Waals surface area contributed by atoms with E-state index in [9.17, 15) is 0 Å². The number of nitrogens with zero attached hydrogens (tertiary/aromatic N) is 5. The minimum Gasteiger partial charge on any atom is -0.198 e. The molecule has 0 atom stereocenters. The monoisotopic (exact) mass is 204 g/mol. The summed E-state index contributed by atoms with van der Waals surface area (Å²) in [6, 6.07) is 5.73. The zero-order chi connectivity index (χ0) is 9.80. The van der Waals surface area contributed by atoms with Crippen molar-refractivity contribution in [2.45, 2.75) is 13.0 Å². The van der Waals surface area contributed by atoms with E-state index >= 15 is 0 Å². The van der Waals surface area contributed by atoms with E-state index in [1.807, 2.05) is 18.2 Å². The van der Waals surface area contributed by atoms with Gasteiger partial charge in [-0.3, -0.25) is 0 Å². The molecule has 0 spiro atoms. The highest BCUT2D eigenvalue weighted by Gasteiger charge is 2.05. The van der Waals surface area contributed by atoms with Crippen molar-refractivity contribution in [3.8, 4) is 16.8 Å². The molecule has 0 unspecified atom stereocenters. The first-order valence-corrected chi connectivity index (χ1v) is 4.83. The maximum absolute atomic E-state index is 8.38. The molecule has 2 rings (SSSR count). The Bertz CT molecular complexity index is 438. The zero-order valence-electron chi connectivity index (χ0n) is 7.21. The van der Waals surface area contributed by atoms with Crippen LogP contribution in [-0.4, -0.2) is 20.2 Å². The van der Waals surface area contributed by atoms with Gasteiger partial charge in [0.1, 0.15) is 0 Å². The second-order valence-corrected chi connectivity index (χ2v) is 3.41. The van der Waals surface area contributed by atoms with Gasteiger partial charge in [0.15, 0.2) is 0 Å². The van der Waals surface area contributed by atoms with Crippen LogP contribution in [0.5, 0.6) is 0 Å². The minimum atomic E-state index is 0.395. The lowest BCUT2D eigenvalue weighted by Crippen LogP contribution is -2.01. The van der Waals surface area contributed by atoms with E-state index in [2.05, 4.69) is 20.8 Å². The second kappa shape index (κ2) is 3.98. The first-order chi connectivity index (χ1) is 6.90. The van der Waals surface area contributed by atoms with Gasteiger partial charge in [-0.2, -0.15) is 10.1 Å². The van der Waals surface area contributed by atoms with Gasteiger partial charge < -0.3 is 0 Å². The fourth-order valence-electron chi connectivity index (χ4n) is 0.948. The van der Waals surface area contributed by atoms with Crippen molar-refractivity contribution in [2.75, 3.05) is 0 Å². The quantitative estimate of drug-likeness (QED) is 0.751. The molecule has 0 N–H and O–H groups in total. The third-order valence-electron chi connectivity index (χ3n) is 1.57. The summed E-state index contributed by atoms with van der Waals surface area (Å²) in [6.07, 6.45) is 0.395. The van der Waals surface area contributed by atoms with Crippen LogP contribution in [0.25, 0.3) is 10.7 Å². The molecular weight excluding hydrogens is 198 g/mol. The molecule has 2 heterocycles. The minimum absolute atomic E-state index is 0.395. The van der Waals surface area contributed by atoms with Gasteiger partial charge in [-0.15, -0.1) is 21.5 Å². The summed E-state index contributed by atoms with van der Waals surface area (Å²) >= 11 is 1.44. The molecule has 6 heteroatoms. The van der Waals surface area contributed by atoms with Crippen LogP contribution in [0.15, 0.2) is 12.1 Å². The maximum atomic E-state index is 8.38. The van der Waals surface area contributed by atoms with Crippen LogP contribution in [0.4, 0.5) is 0 Å². The van der Waals surface area contributed by atoms with Crippen LogP contribution < -0.4 is 0 Å². The van der Waals surface area contributed by atoms with Gasteiger partial charge in [0.05, 0.1) is 23.9 Å². The lowest BCUT2D eigenvalue weighted by molar-refractivity contribution is 0.531. The normalized spacial score (nSPS) is 9.93. The fraction of sp³-hybridized carbons (Fsp3) is 0.250. The Morgan fingerprint density at radius 3 is 3.29 bits per heavy atom. The van der Waals surface area contributed by atoms with Crippen LogP contribution >= 0.6 is 11.3 Å². The van der Waals surface area contributed by atoms with Gasteiger partial charge in [-0.05, 0) is 17.3 Å². The predicted octanol–water partition coefficient (Wildman–Crippen LogP) is 1.12. The molecule has 0 aliphatic carbocycles. The average Bonchev–Trinajstić information content (AvgIpc) is 2.85. The first kappa shape index (κ1) is 8.84. The fourth-order valence-corrected chi connectivity index (χ4v) is 1.52. The number of thiophene rings is 1. The van der Waals surface area contributed by atoms with E-state index in [4.69, 9.17) is 5.26 Å².